The van der Waals surface area contributed by atoms with E-state index in [1.54, 1.807) is 13.0 Å². The average Bonchev–Trinajstić information content (AvgIpc) is 3.13. The smallest absolute Gasteiger partial charge is 0.248 e. The highest BCUT2D eigenvalue weighted by atomic mass is 32.2. The summed E-state index contributed by atoms with van der Waals surface area (Å²) in [6.07, 6.45) is 5.67. The van der Waals surface area contributed by atoms with Crippen molar-refractivity contribution in [1.82, 2.24) is 14.8 Å². The second-order valence-corrected chi connectivity index (χ2v) is 10.0. The van der Waals surface area contributed by atoms with Gasteiger partial charge < -0.3 is 9.84 Å². The molecule has 1 aliphatic heterocycles. The van der Waals surface area contributed by atoms with Gasteiger partial charge in [-0.05, 0) is 57.2 Å². The Hall–Kier alpha value is -2.45. The van der Waals surface area contributed by atoms with E-state index in [0.717, 1.165) is 23.1 Å². The molecule has 0 saturated carbocycles. The van der Waals surface area contributed by atoms with Gasteiger partial charge in [-0.15, -0.1) is 0 Å². The Bertz CT molecular complexity index is 1070. The maximum Gasteiger partial charge on any atom is 0.248 e. The van der Waals surface area contributed by atoms with Gasteiger partial charge in [-0.3, -0.25) is 4.79 Å². The lowest BCUT2D eigenvalue weighted by Crippen LogP contribution is -2.45. The van der Waals surface area contributed by atoms with Crippen LogP contribution in [0.15, 0.2) is 27.6 Å². The van der Waals surface area contributed by atoms with Crippen molar-refractivity contribution >= 4 is 28.1 Å². The Morgan fingerprint density at radius 2 is 2.06 bits per heavy atom. The van der Waals surface area contributed by atoms with E-state index in [4.69, 9.17) is 4.52 Å². The van der Waals surface area contributed by atoms with Crippen molar-refractivity contribution in [2.75, 3.05) is 19.6 Å². The molecule has 1 amide bonds. The van der Waals surface area contributed by atoms with Gasteiger partial charge in [-0.2, -0.15) is 4.31 Å². The van der Waals surface area contributed by atoms with Crippen molar-refractivity contribution < 1.29 is 17.7 Å². The molecule has 1 atom stereocenters. The molecule has 2 aromatic rings. The van der Waals surface area contributed by atoms with Gasteiger partial charge in [0, 0.05) is 19.6 Å². The summed E-state index contributed by atoms with van der Waals surface area (Å²) in [5, 5.41) is 6.79. The summed E-state index contributed by atoms with van der Waals surface area (Å²) >= 11 is 0. The molecule has 1 aromatic carbocycles. The Kier molecular flexibility index (Phi) is 7.33. The number of sulfonamides is 1. The molecule has 1 N–H and O–H groups in total. The molecule has 1 fully saturated rings. The van der Waals surface area contributed by atoms with E-state index in [1.807, 2.05) is 45.0 Å². The third-order valence-electron chi connectivity index (χ3n) is 5.58. The Balaban J connectivity index is 1.86. The van der Waals surface area contributed by atoms with Gasteiger partial charge in [-0.25, -0.2) is 8.42 Å². The van der Waals surface area contributed by atoms with Crippen molar-refractivity contribution in [3.8, 4) is 0 Å². The van der Waals surface area contributed by atoms with Crippen molar-refractivity contribution in [2.24, 2.45) is 5.92 Å². The van der Waals surface area contributed by atoms with E-state index in [1.165, 1.54) is 4.31 Å². The highest BCUT2D eigenvalue weighted by molar-refractivity contribution is 7.89. The number of hydrogen-bond acceptors (Lipinski definition) is 5. The quantitative estimate of drug-likeness (QED) is 0.702. The predicted octanol–water partition coefficient (Wildman–Crippen LogP) is 3.70. The lowest BCUT2D eigenvalue weighted by atomic mass is 9.99. The van der Waals surface area contributed by atoms with E-state index in [-0.39, 0.29) is 29.0 Å². The number of benzene rings is 1. The monoisotopic (exact) mass is 445 g/mol. The molecule has 31 heavy (non-hydrogen) atoms. The van der Waals surface area contributed by atoms with E-state index in [0.29, 0.717) is 31.6 Å². The number of rotatable bonds is 7. The second kappa shape index (κ2) is 9.78. The zero-order chi connectivity index (χ0) is 22.6. The number of nitrogens with zero attached hydrogens (tertiary/aromatic N) is 2. The minimum Gasteiger partial charge on any atom is -0.356 e. The number of carbonyl (C=O) groups is 1. The van der Waals surface area contributed by atoms with E-state index >= 15 is 0 Å². The molecule has 0 radical (unpaired) electrons. The summed E-state index contributed by atoms with van der Waals surface area (Å²) in [5.74, 6) is -0.223. The first-order chi connectivity index (χ1) is 14.7. The van der Waals surface area contributed by atoms with Crippen LogP contribution in [0, 0.1) is 26.7 Å². The first-order valence-corrected chi connectivity index (χ1v) is 12.2. The summed E-state index contributed by atoms with van der Waals surface area (Å²) in [4.78, 5) is 12.5. The minimum atomic E-state index is -3.84. The van der Waals surface area contributed by atoms with Crippen LogP contribution >= 0.6 is 0 Å². The topological polar surface area (TPSA) is 92.5 Å². The maximum atomic E-state index is 13.5. The molecule has 0 unspecified atom stereocenters. The van der Waals surface area contributed by atoms with Crippen LogP contribution in [0.5, 0.6) is 0 Å². The fraction of sp³-hybridized carbons (Fsp3) is 0.478. The number of aromatic nitrogens is 1. The second-order valence-electron chi connectivity index (χ2n) is 8.15. The van der Waals surface area contributed by atoms with Crippen molar-refractivity contribution in [2.45, 2.75) is 51.9 Å². The Morgan fingerprint density at radius 3 is 2.81 bits per heavy atom. The molecule has 1 aromatic heterocycles. The van der Waals surface area contributed by atoms with Crippen molar-refractivity contribution in [3.05, 3.63) is 46.3 Å². The summed E-state index contributed by atoms with van der Waals surface area (Å²) in [7, 11) is -3.84. The molecular weight excluding hydrogens is 414 g/mol. The summed E-state index contributed by atoms with van der Waals surface area (Å²) in [6, 6.07) is 6.09. The number of hydrogen-bond donors (Lipinski definition) is 1. The van der Waals surface area contributed by atoms with Gasteiger partial charge in [0.2, 0.25) is 15.9 Å². The van der Waals surface area contributed by atoms with Crippen LogP contribution in [0.25, 0.3) is 12.2 Å². The predicted molar refractivity (Wildman–Crippen MR) is 121 cm³/mol. The van der Waals surface area contributed by atoms with Crippen molar-refractivity contribution in [1.29, 1.82) is 0 Å². The van der Waals surface area contributed by atoms with Gasteiger partial charge >= 0.3 is 0 Å². The molecule has 0 spiro atoms. The summed E-state index contributed by atoms with van der Waals surface area (Å²) in [6.45, 7) is 8.77. The zero-order valence-electron chi connectivity index (χ0n) is 18.6. The zero-order valence-corrected chi connectivity index (χ0v) is 19.5. The van der Waals surface area contributed by atoms with Crippen LogP contribution in [0.1, 0.15) is 54.3 Å². The standard InChI is InChI=1S/C23H31N3O4S/c1-5-12-24-23(27)20-7-6-13-26(15-20)31(28,29)22-18(4)25-30-21(22)11-10-19-14-16(2)8-9-17(19)3/h8-11,14,20H,5-7,12-13,15H2,1-4H3,(H,24,27)/b11-10+/t20-/m0/s1. The molecule has 0 aliphatic carbocycles. The van der Waals surface area contributed by atoms with Crippen LogP contribution in [-0.2, 0) is 14.8 Å². The highest BCUT2D eigenvalue weighted by Crippen LogP contribution is 2.29. The van der Waals surface area contributed by atoms with Crippen LogP contribution in [0.2, 0.25) is 0 Å². The van der Waals surface area contributed by atoms with Gasteiger partial charge in [0.05, 0.1) is 5.92 Å². The number of amides is 1. The lowest BCUT2D eigenvalue weighted by Gasteiger charge is -2.31. The molecule has 2 heterocycles. The maximum absolute atomic E-state index is 13.5. The number of carbonyl (C=O) groups excluding carboxylic acids is 1. The minimum absolute atomic E-state index is 0.0728. The highest BCUT2D eigenvalue weighted by Gasteiger charge is 2.36. The molecule has 7 nitrogen and oxygen atoms in total. The van der Waals surface area contributed by atoms with Crippen LogP contribution in [0.4, 0.5) is 0 Å². The van der Waals surface area contributed by atoms with E-state index in [2.05, 4.69) is 10.5 Å². The largest absolute Gasteiger partial charge is 0.356 e. The molecule has 1 aliphatic rings. The average molecular weight is 446 g/mol. The Labute approximate surface area is 184 Å². The number of aryl methyl sites for hydroxylation is 3. The fourth-order valence-electron chi connectivity index (χ4n) is 3.80. The summed E-state index contributed by atoms with van der Waals surface area (Å²) < 4.78 is 33.7. The molecule has 168 valence electrons. The third kappa shape index (κ3) is 5.25. The third-order valence-corrected chi connectivity index (χ3v) is 7.61. The number of nitrogens with one attached hydrogen (secondary N) is 1. The first kappa shape index (κ1) is 23.2. The number of piperidine rings is 1. The van der Waals surface area contributed by atoms with Gasteiger partial charge in [-0.1, -0.05) is 41.9 Å². The van der Waals surface area contributed by atoms with Crippen molar-refractivity contribution in [3.63, 3.8) is 0 Å². The normalized spacial score (nSPS) is 17.9. The van der Waals surface area contributed by atoms with Gasteiger partial charge in [0.1, 0.15) is 5.69 Å². The Morgan fingerprint density at radius 1 is 1.29 bits per heavy atom. The van der Waals surface area contributed by atoms with Crippen LogP contribution in [0.3, 0.4) is 0 Å². The first-order valence-electron chi connectivity index (χ1n) is 10.7. The molecule has 8 heteroatoms. The van der Waals surface area contributed by atoms with E-state index < -0.39 is 10.0 Å². The summed E-state index contributed by atoms with van der Waals surface area (Å²) in [5.41, 5.74) is 3.51. The van der Waals surface area contributed by atoms with Gasteiger partial charge in [0.25, 0.3) is 0 Å². The molecule has 1 saturated heterocycles. The van der Waals surface area contributed by atoms with Gasteiger partial charge in [0.15, 0.2) is 10.7 Å². The molecular formula is C23H31N3O4S. The molecule has 3 rings (SSSR count). The van der Waals surface area contributed by atoms with Crippen LogP contribution in [-0.4, -0.2) is 43.4 Å². The van der Waals surface area contributed by atoms with E-state index in [9.17, 15) is 13.2 Å². The van der Waals surface area contributed by atoms with Crippen LogP contribution < -0.4 is 5.32 Å². The SMILES string of the molecule is CCCNC(=O)[C@H]1CCCN(S(=O)(=O)c2c(C)noc2/C=C/c2cc(C)ccc2C)C1. The fourth-order valence-corrected chi connectivity index (χ4v) is 5.57. The molecule has 0 bridgehead atoms. The lowest BCUT2D eigenvalue weighted by molar-refractivity contribution is -0.126.